The van der Waals surface area contributed by atoms with Crippen molar-refractivity contribution >= 4 is 11.6 Å². The molecule has 0 saturated carbocycles. The zero-order chi connectivity index (χ0) is 19.9. The van der Waals surface area contributed by atoms with Crippen LogP contribution in [0.1, 0.15) is 38.3 Å². The summed E-state index contributed by atoms with van der Waals surface area (Å²) in [6.07, 6.45) is 0.408. The summed E-state index contributed by atoms with van der Waals surface area (Å²) in [4.78, 5) is 12.3. The first kappa shape index (κ1) is 20.8. The minimum atomic E-state index is -0.0183. The summed E-state index contributed by atoms with van der Waals surface area (Å²) >= 11 is 0. The van der Waals surface area contributed by atoms with Crippen LogP contribution in [0.15, 0.2) is 42.5 Å². The van der Waals surface area contributed by atoms with Gasteiger partial charge in [0.1, 0.15) is 0 Å². The summed E-state index contributed by atoms with van der Waals surface area (Å²) in [6.45, 7) is 7.68. The molecule has 1 amide bonds. The maximum Gasteiger partial charge on any atom is 0.225 e. The third-order valence-electron chi connectivity index (χ3n) is 4.32. The van der Waals surface area contributed by atoms with Crippen LogP contribution in [0.4, 0.5) is 5.69 Å². The maximum atomic E-state index is 12.3. The van der Waals surface area contributed by atoms with Crippen LogP contribution in [-0.2, 0) is 16.8 Å². The Kier molecular flexibility index (Phi) is 7.25. The van der Waals surface area contributed by atoms with Crippen LogP contribution < -0.4 is 20.1 Å². The lowest BCUT2D eigenvalue weighted by atomic mass is 9.86. The SMILES string of the molecule is COc1ccc(CNCCC(=O)Nc2ccccc2C(C)(C)C)cc1OC. The van der Waals surface area contributed by atoms with Gasteiger partial charge in [-0.15, -0.1) is 0 Å². The van der Waals surface area contributed by atoms with Crippen LogP contribution in [0.25, 0.3) is 0 Å². The molecule has 0 heterocycles. The quantitative estimate of drug-likeness (QED) is 0.686. The molecule has 27 heavy (non-hydrogen) atoms. The Morgan fingerprint density at radius 2 is 1.70 bits per heavy atom. The average molecular weight is 370 g/mol. The summed E-state index contributed by atoms with van der Waals surface area (Å²) in [5.41, 5.74) is 3.08. The molecule has 0 atom stereocenters. The van der Waals surface area contributed by atoms with Gasteiger partial charge in [-0.2, -0.15) is 0 Å². The number of benzene rings is 2. The van der Waals surface area contributed by atoms with Crippen LogP contribution in [-0.4, -0.2) is 26.7 Å². The third kappa shape index (κ3) is 6.00. The predicted octanol–water partition coefficient (Wildman–Crippen LogP) is 4.12. The highest BCUT2D eigenvalue weighted by Gasteiger charge is 2.18. The molecule has 0 bridgehead atoms. The van der Waals surface area contributed by atoms with E-state index >= 15 is 0 Å². The number of ether oxygens (including phenoxy) is 2. The Hall–Kier alpha value is -2.53. The number of nitrogens with one attached hydrogen (secondary N) is 2. The first-order valence-electron chi connectivity index (χ1n) is 9.16. The minimum Gasteiger partial charge on any atom is -0.493 e. The fourth-order valence-electron chi connectivity index (χ4n) is 2.88. The first-order valence-corrected chi connectivity index (χ1v) is 9.16. The molecule has 0 aromatic heterocycles. The minimum absolute atomic E-state index is 0.00603. The van der Waals surface area contributed by atoms with Crippen LogP contribution >= 0.6 is 0 Å². The topological polar surface area (TPSA) is 59.6 Å². The summed E-state index contributed by atoms with van der Waals surface area (Å²) in [5, 5.41) is 6.33. The van der Waals surface area contributed by atoms with E-state index in [9.17, 15) is 4.79 Å². The fraction of sp³-hybridized carbons (Fsp3) is 0.409. The van der Waals surface area contributed by atoms with E-state index in [-0.39, 0.29) is 11.3 Å². The van der Waals surface area contributed by atoms with Crippen molar-refractivity contribution in [3.63, 3.8) is 0 Å². The van der Waals surface area contributed by atoms with Crippen LogP contribution in [0.3, 0.4) is 0 Å². The van der Waals surface area contributed by atoms with Crippen molar-refractivity contribution in [1.82, 2.24) is 5.32 Å². The molecule has 2 aromatic rings. The van der Waals surface area contributed by atoms with Crippen LogP contribution in [0, 0.1) is 0 Å². The van der Waals surface area contributed by atoms with Crippen molar-refractivity contribution in [3.8, 4) is 11.5 Å². The van der Waals surface area contributed by atoms with E-state index in [2.05, 4.69) is 37.5 Å². The second kappa shape index (κ2) is 9.42. The van der Waals surface area contributed by atoms with Gasteiger partial charge in [-0.1, -0.05) is 45.0 Å². The highest BCUT2D eigenvalue weighted by atomic mass is 16.5. The standard InChI is InChI=1S/C22H30N2O3/c1-22(2,3)17-8-6-7-9-18(17)24-21(25)12-13-23-15-16-10-11-19(26-4)20(14-16)27-5/h6-11,14,23H,12-13,15H2,1-5H3,(H,24,25). The largest absolute Gasteiger partial charge is 0.493 e. The van der Waals surface area contributed by atoms with Gasteiger partial charge in [0.2, 0.25) is 5.91 Å². The number of hydrogen-bond donors (Lipinski definition) is 2. The van der Waals surface area contributed by atoms with Crippen molar-refractivity contribution in [2.75, 3.05) is 26.1 Å². The predicted molar refractivity (Wildman–Crippen MR) is 110 cm³/mol. The summed E-state index contributed by atoms with van der Waals surface area (Å²) in [5.74, 6) is 1.41. The number of amides is 1. The van der Waals surface area contributed by atoms with Gasteiger partial charge in [-0.25, -0.2) is 0 Å². The van der Waals surface area contributed by atoms with Gasteiger partial charge in [0.15, 0.2) is 11.5 Å². The lowest BCUT2D eigenvalue weighted by Gasteiger charge is -2.23. The third-order valence-corrected chi connectivity index (χ3v) is 4.32. The van der Waals surface area contributed by atoms with Gasteiger partial charge in [0.25, 0.3) is 0 Å². The van der Waals surface area contributed by atoms with Gasteiger partial charge >= 0.3 is 0 Å². The molecule has 0 aliphatic heterocycles. The van der Waals surface area contributed by atoms with Crippen LogP contribution in [0.5, 0.6) is 11.5 Å². The fourth-order valence-corrected chi connectivity index (χ4v) is 2.88. The van der Waals surface area contributed by atoms with Crippen molar-refractivity contribution in [1.29, 1.82) is 0 Å². The van der Waals surface area contributed by atoms with Crippen molar-refractivity contribution in [3.05, 3.63) is 53.6 Å². The van der Waals surface area contributed by atoms with Crippen LogP contribution in [0.2, 0.25) is 0 Å². The second-order valence-electron chi connectivity index (χ2n) is 7.46. The number of methoxy groups -OCH3 is 2. The molecule has 2 aromatic carbocycles. The van der Waals surface area contributed by atoms with Gasteiger partial charge in [0.05, 0.1) is 14.2 Å². The molecule has 0 aliphatic rings. The number of anilines is 1. The van der Waals surface area contributed by atoms with E-state index in [1.807, 2.05) is 36.4 Å². The average Bonchev–Trinajstić information content (AvgIpc) is 2.64. The summed E-state index contributed by atoms with van der Waals surface area (Å²) < 4.78 is 10.5. The molecule has 0 spiro atoms. The monoisotopic (exact) mass is 370 g/mol. The molecular formula is C22H30N2O3. The van der Waals surface area contributed by atoms with E-state index in [4.69, 9.17) is 9.47 Å². The molecule has 2 N–H and O–H groups in total. The van der Waals surface area contributed by atoms with Crippen molar-refractivity contribution in [2.24, 2.45) is 0 Å². The Labute approximate surface area is 162 Å². The highest BCUT2D eigenvalue weighted by molar-refractivity contribution is 5.91. The molecule has 0 fully saturated rings. The van der Waals surface area contributed by atoms with Gasteiger partial charge < -0.3 is 20.1 Å². The molecule has 0 aliphatic carbocycles. The second-order valence-corrected chi connectivity index (χ2v) is 7.46. The Morgan fingerprint density at radius 3 is 2.37 bits per heavy atom. The van der Waals surface area contributed by atoms with E-state index in [0.29, 0.717) is 31.0 Å². The molecule has 0 unspecified atom stereocenters. The molecular weight excluding hydrogens is 340 g/mol. The lowest BCUT2D eigenvalue weighted by Crippen LogP contribution is -2.23. The van der Waals surface area contributed by atoms with Crippen molar-refractivity contribution < 1.29 is 14.3 Å². The number of hydrogen-bond acceptors (Lipinski definition) is 4. The zero-order valence-electron chi connectivity index (χ0n) is 16.9. The Morgan fingerprint density at radius 1 is 1.00 bits per heavy atom. The number of carbonyl (C=O) groups is 1. The maximum absolute atomic E-state index is 12.3. The molecule has 0 saturated heterocycles. The van der Waals surface area contributed by atoms with E-state index in [1.54, 1.807) is 14.2 Å². The van der Waals surface area contributed by atoms with Gasteiger partial charge in [-0.05, 0) is 34.7 Å². The van der Waals surface area contributed by atoms with E-state index in [0.717, 1.165) is 16.8 Å². The van der Waals surface area contributed by atoms with E-state index in [1.165, 1.54) is 0 Å². The lowest BCUT2D eigenvalue weighted by molar-refractivity contribution is -0.116. The molecule has 0 radical (unpaired) electrons. The number of para-hydroxylation sites is 1. The zero-order valence-corrected chi connectivity index (χ0v) is 16.9. The molecule has 2 rings (SSSR count). The van der Waals surface area contributed by atoms with E-state index < -0.39 is 0 Å². The number of carbonyl (C=O) groups excluding carboxylic acids is 1. The smallest absolute Gasteiger partial charge is 0.225 e. The molecule has 5 heteroatoms. The molecule has 146 valence electrons. The summed E-state index contributed by atoms with van der Waals surface area (Å²) in [7, 11) is 3.24. The Balaban J connectivity index is 1.84. The van der Waals surface area contributed by atoms with Crippen molar-refractivity contribution in [2.45, 2.75) is 39.2 Å². The van der Waals surface area contributed by atoms with Gasteiger partial charge in [-0.3, -0.25) is 4.79 Å². The number of rotatable bonds is 8. The normalized spacial score (nSPS) is 11.1. The first-order chi connectivity index (χ1) is 12.8. The Bertz CT molecular complexity index is 766. The van der Waals surface area contributed by atoms with Gasteiger partial charge in [0, 0.05) is 25.2 Å². The molecule has 5 nitrogen and oxygen atoms in total. The summed E-state index contributed by atoms with van der Waals surface area (Å²) in [6, 6.07) is 13.8. The highest BCUT2D eigenvalue weighted by Crippen LogP contribution is 2.29.